The third kappa shape index (κ3) is 2.65. The molecular formula is C11H11BrN4O. The fourth-order valence-corrected chi connectivity index (χ4v) is 1.79. The number of carbonyl (C=O) groups is 1. The van der Waals surface area contributed by atoms with E-state index in [0.29, 0.717) is 17.1 Å². The largest absolute Gasteiger partial charge is 0.397 e. The number of carbonyl (C=O) groups excluding carboxylic acids is 1. The number of amides is 1. The van der Waals surface area contributed by atoms with E-state index in [9.17, 15) is 4.79 Å². The Kier molecular flexibility index (Phi) is 3.14. The van der Waals surface area contributed by atoms with Crippen molar-refractivity contribution in [3.05, 3.63) is 40.4 Å². The van der Waals surface area contributed by atoms with Gasteiger partial charge in [-0.1, -0.05) is 0 Å². The van der Waals surface area contributed by atoms with Crippen molar-refractivity contribution in [2.75, 3.05) is 11.1 Å². The lowest BCUT2D eigenvalue weighted by molar-refractivity contribution is 0.102. The van der Waals surface area contributed by atoms with Crippen LogP contribution < -0.4 is 11.1 Å². The summed E-state index contributed by atoms with van der Waals surface area (Å²) >= 11 is 3.26. The van der Waals surface area contributed by atoms with Gasteiger partial charge in [0.2, 0.25) is 0 Å². The van der Waals surface area contributed by atoms with Crippen LogP contribution in [-0.2, 0) is 0 Å². The first kappa shape index (κ1) is 11.7. The minimum Gasteiger partial charge on any atom is -0.397 e. The first-order valence-corrected chi connectivity index (χ1v) is 5.74. The summed E-state index contributed by atoms with van der Waals surface area (Å²) in [6.07, 6.45) is 1.57. The van der Waals surface area contributed by atoms with Gasteiger partial charge < -0.3 is 16.0 Å². The van der Waals surface area contributed by atoms with E-state index in [2.05, 4.69) is 31.2 Å². The number of pyridine rings is 1. The van der Waals surface area contributed by atoms with Crippen LogP contribution in [0.1, 0.15) is 16.2 Å². The predicted octanol–water partition coefficient (Wildman–Crippen LogP) is 2.32. The topological polar surface area (TPSA) is 83.8 Å². The highest BCUT2D eigenvalue weighted by atomic mass is 79.9. The zero-order chi connectivity index (χ0) is 12.4. The summed E-state index contributed by atoms with van der Waals surface area (Å²) in [7, 11) is 0. The number of nitrogens with two attached hydrogens (primary N) is 1. The Morgan fingerprint density at radius 1 is 1.53 bits per heavy atom. The SMILES string of the molecule is Cc1nc(Br)ccc1NC(=O)c1cc(N)c[nH]1. The van der Waals surface area contributed by atoms with Gasteiger partial charge in [-0.2, -0.15) is 0 Å². The van der Waals surface area contributed by atoms with Crippen molar-refractivity contribution in [2.24, 2.45) is 0 Å². The number of nitrogen functional groups attached to an aromatic ring is 1. The van der Waals surface area contributed by atoms with Crippen LogP contribution >= 0.6 is 15.9 Å². The molecule has 0 atom stereocenters. The van der Waals surface area contributed by atoms with Crippen LogP contribution in [0, 0.1) is 6.92 Å². The number of anilines is 2. The standard InChI is InChI=1S/C11H11BrN4O/c1-6-8(2-3-10(12)15-6)16-11(17)9-4-7(13)5-14-9/h2-5,14H,13H2,1H3,(H,16,17). The van der Waals surface area contributed by atoms with E-state index in [1.54, 1.807) is 24.4 Å². The molecule has 0 saturated carbocycles. The van der Waals surface area contributed by atoms with Crippen molar-refractivity contribution in [3.63, 3.8) is 0 Å². The maximum atomic E-state index is 11.8. The summed E-state index contributed by atoms with van der Waals surface area (Å²) in [5, 5.41) is 2.76. The van der Waals surface area contributed by atoms with Crippen LogP contribution in [0.5, 0.6) is 0 Å². The average Bonchev–Trinajstić information content (AvgIpc) is 2.69. The molecule has 2 aromatic heterocycles. The number of nitrogens with zero attached hydrogens (tertiary/aromatic N) is 1. The smallest absolute Gasteiger partial charge is 0.272 e. The molecule has 88 valence electrons. The van der Waals surface area contributed by atoms with Crippen molar-refractivity contribution >= 4 is 33.2 Å². The van der Waals surface area contributed by atoms with Crippen molar-refractivity contribution in [2.45, 2.75) is 6.92 Å². The zero-order valence-corrected chi connectivity index (χ0v) is 10.7. The van der Waals surface area contributed by atoms with Gasteiger partial charge in [0.15, 0.2) is 0 Å². The van der Waals surface area contributed by atoms with Gasteiger partial charge in [-0.3, -0.25) is 4.79 Å². The number of aryl methyl sites for hydroxylation is 1. The van der Waals surface area contributed by atoms with Crippen LogP contribution in [0.3, 0.4) is 0 Å². The van der Waals surface area contributed by atoms with Crippen molar-refractivity contribution in [1.29, 1.82) is 0 Å². The van der Waals surface area contributed by atoms with E-state index < -0.39 is 0 Å². The number of aromatic amines is 1. The molecule has 2 rings (SSSR count). The maximum absolute atomic E-state index is 11.8. The molecule has 17 heavy (non-hydrogen) atoms. The summed E-state index contributed by atoms with van der Waals surface area (Å²) in [5.74, 6) is -0.242. The molecule has 0 aliphatic rings. The van der Waals surface area contributed by atoms with E-state index in [1.165, 1.54) is 0 Å². The van der Waals surface area contributed by atoms with Gasteiger partial charge in [0, 0.05) is 11.9 Å². The number of aromatic nitrogens is 2. The molecule has 0 aliphatic heterocycles. The molecule has 2 heterocycles. The van der Waals surface area contributed by atoms with Gasteiger partial charge in [-0.05, 0) is 41.1 Å². The number of hydrogen-bond donors (Lipinski definition) is 3. The Bertz CT molecular complexity index is 564. The van der Waals surface area contributed by atoms with Gasteiger partial charge in [0.25, 0.3) is 5.91 Å². The molecular weight excluding hydrogens is 284 g/mol. The highest BCUT2D eigenvalue weighted by Crippen LogP contribution is 2.17. The lowest BCUT2D eigenvalue weighted by Gasteiger charge is -2.06. The number of nitrogens with one attached hydrogen (secondary N) is 2. The van der Waals surface area contributed by atoms with Gasteiger partial charge >= 0.3 is 0 Å². The fraction of sp³-hybridized carbons (Fsp3) is 0.0909. The zero-order valence-electron chi connectivity index (χ0n) is 9.12. The molecule has 4 N–H and O–H groups in total. The van der Waals surface area contributed by atoms with Crippen LogP contribution in [-0.4, -0.2) is 15.9 Å². The molecule has 0 unspecified atom stereocenters. The molecule has 0 saturated heterocycles. The minimum atomic E-state index is -0.242. The van der Waals surface area contributed by atoms with Gasteiger partial charge in [0.05, 0.1) is 11.4 Å². The van der Waals surface area contributed by atoms with Crippen molar-refractivity contribution in [3.8, 4) is 0 Å². The minimum absolute atomic E-state index is 0.242. The fourth-order valence-electron chi connectivity index (χ4n) is 1.39. The lowest BCUT2D eigenvalue weighted by atomic mass is 10.3. The summed E-state index contributed by atoms with van der Waals surface area (Å²) in [4.78, 5) is 18.8. The lowest BCUT2D eigenvalue weighted by Crippen LogP contribution is -2.13. The van der Waals surface area contributed by atoms with Crippen LogP contribution in [0.4, 0.5) is 11.4 Å². The molecule has 5 nitrogen and oxygen atoms in total. The molecule has 0 aliphatic carbocycles. The van der Waals surface area contributed by atoms with Crippen LogP contribution in [0.2, 0.25) is 0 Å². The third-order valence-electron chi connectivity index (χ3n) is 2.25. The van der Waals surface area contributed by atoms with E-state index >= 15 is 0 Å². The van der Waals surface area contributed by atoms with Gasteiger partial charge in [-0.25, -0.2) is 4.98 Å². The van der Waals surface area contributed by atoms with E-state index in [0.717, 1.165) is 10.3 Å². The number of hydrogen-bond acceptors (Lipinski definition) is 3. The summed E-state index contributed by atoms with van der Waals surface area (Å²) in [6, 6.07) is 5.14. The van der Waals surface area contributed by atoms with Crippen molar-refractivity contribution in [1.82, 2.24) is 9.97 Å². The van der Waals surface area contributed by atoms with Crippen LogP contribution in [0.15, 0.2) is 29.0 Å². The molecule has 0 aromatic carbocycles. The first-order chi connectivity index (χ1) is 8.06. The second kappa shape index (κ2) is 4.58. The predicted molar refractivity (Wildman–Crippen MR) is 69.8 cm³/mol. The average molecular weight is 295 g/mol. The highest BCUT2D eigenvalue weighted by molar-refractivity contribution is 9.10. The number of H-pyrrole nitrogens is 1. The number of halogens is 1. The van der Waals surface area contributed by atoms with Gasteiger partial charge in [-0.15, -0.1) is 0 Å². The van der Waals surface area contributed by atoms with Gasteiger partial charge in [0.1, 0.15) is 10.3 Å². The Morgan fingerprint density at radius 2 is 2.29 bits per heavy atom. The molecule has 6 heteroatoms. The van der Waals surface area contributed by atoms with E-state index in [1.807, 2.05) is 6.92 Å². The Morgan fingerprint density at radius 3 is 2.88 bits per heavy atom. The molecule has 1 amide bonds. The highest BCUT2D eigenvalue weighted by Gasteiger charge is 2.09. The summed E-state index contributed by atoms with van der Waals surface area (Å²) in [5.41, 5.74) is 7.89. The molecule has 2 aromatic rings. The van der Waals surface area contributed by atoms with E-state index in [-0.39, 0.29) is 5.91 Å². The second-order valence-electron chi connectivity index (χ2n) is 3.57. The normalized spacial score (nSPS) is 10.2. The maximum Gasteiger partial charge on any atom is 0.272 e. The second-order valence-corrected chi connectivity index (χ2v) is 4.38. The summed E-state index contributed by atoms with van der Waals surface area (Å²) < 4.78 is 0.733. The number of rotatable bonds is 2. The molecule has 0 spiro atoms. The quantitative estimate of drug-likeness (QED) is 0.743. The monoisotopic (exact) mass is 294 g/mol. The Hall–Kier alpha value is -1.82. The van der Waals surface area contributed by atoms with E-state index in [4.69, 9.17) is 5.73 Å². The Labute approximate surface area is 107 Å². The van der Waals surface area contributed by atoms with Crippen molar-refractivity contribution < 1.29 is 4.79 Å². The molecule has 0 fully saturated rings. The molecule has 0 bridgehead atoms. The first-order valence-electron chi connectivity index (χ1n) is 4.94. The van der Waals surface area contributed by atoms with Crippen LogP contribution in [0.25, 0.3) is 0 Å². The summed E-state index contributed by atoms with van der Waals surface area (Å²) in [6.45, 7) is 1.82. The molecule has 0 radical (unpaired) electrons. The Balaban J connectivity index is 2.18. The third-order valence-corrected chi connectivity index (χ3v) is 2.69.